The number of aromatic nitrogens is 3. The SMILES string of the molecule is O=c1ncc2ccc(=O)n(Cc3ccccc3)c2[nH]1. The van der Waals surface area contributed by atoms with Crippen molar-refractivity contribution in [1.82, 2.24) is 14.5 Å². The van der Waals surface area contributed by atoms with Crippen LogP contribution in [0, 0.1) is 0 Å². The van der Waals surface area contributed by atoms with Crippen molar-refractivity contribution < 1.29 is 0 Å². The molecule has 0 radical (unpaired) electrons. The smallest absolute Gasteiger partial charge is 0.291 e. The summed E-state index contributed by atoms with van der Waals surface area (Å²) in [5, 5.41) is 0.732. The summed E-state index contributed by atoms with van der Waals surface area (Å²) in [5.41, 5.74) is 0.879. The van der Waals surface area contributed by atoms with Crippen molar-refractivity contribution in [1.29, 1.82) is 0 Å². The zero-order valence-corrected chi connectivity index (χ0v) is 10.0. The number of aromatic amines is 1. The van der Waals surface area contributed by atoms with Crippen LogP contribution in [0.25, 0.3) is 11.0 Å². The van der Waals surface area contributed by atoms with E-state index in [4.69, 9.17) is 0 Å². The molecule has 0 amide bonds. The summed E-state index contributed by atoms with van der Waals surface area (Å²) in [5.74, 6) is 0. The van der Waals surface area contributed by atoms with Gasteiger partial charge in [-0.3, -0.25) is 14.3 Å². The van der Waals surface area contributed by atoms with Crippen molar-refractivity contribution in [3.63, 3.8) is 0 Å². The second-order valence-electron chi connectivity index (χ2n) is 4.24. The summed E-state index contributed by atoms with van der Waals surface area (Å²) in [6.07, 6.45) is 1.47. The van der Waals surface area contributed by atoms with Gasteiger partial charge in [-0.25, -0.2) is 9.78 Å². The number of fused-ring (bicyclic) bond motifs is 1. The van der Waals surface area contributed by atoms with Crippen LogP contribution in [-0.2, 0) is 6.54 Å². The molecule has 3 rings (SSSR count). The van der Waals surface area contributed by atoms with Crippen LogP contribution in [-0.4, -0.2) is 14.5 Å². The van der Waals surface area contributed by atoms with E-state index in [1.54, 1.807) is 6.07 Å². The fraction of sp³-hybridized carbons (Fsp3) is 0.0714. The first-order valence-corrected chi connectivity index (χ1v) is 5.87. The fourth-order valence-electron chi connectivity index (χ4n) is 2.02. The normalized spacial score (nSPS) is 10.7. The first-order valence-electron chi connectivity index (χ1n) is 5.87. The molecule has 0 spiro atoms. The molecular formula is C14H11N3O2. The minimum absolute atomic E-state index is 0.154. The van der Waals surface area contributed by atoms with Gasteiger partial charge < -0.3 is 0 Å². The van der Waals surface area contributed by atoms with Gasteiger partial charge in [0.25, 0.3) is 5.56 Å². The molecular weight excluding hydrogens is 242 g/mol. The van der Waals surface area contributed by atoms with E-state index in [-0.39, 0.29) is 5.56 Å². The number of nitrogens with zero attached hydrogens (tertiary/aromatic N) is 2. The van der Waals surface area contributed by atoms with Gasteiger partial charge in [0.05, 0.1) is 6.54 Å². The molecule has 0 saturated heterocycles. The second kappa shape index (κ2) is 4.53. The Morgan fingerprint density at radius 2 is 1.84 bits per heavy atom. The molecule has 19 heavy (non-hydrogen) atoms. The third kappa shape index (κ3) is 2.18. The van der Waals surface area contributed by atoms with Crippen LogP contribution in [0.15, 0.2) is 58.3 Å². The van der Waals surface area contributed by atoms with Gasteiger partial charge in [0.1, 0.15) is 5.65 Å². The van der Waals surface area contributed by atoms with E-state index in [9.17, 15) is 9.59 Å². The van der Waals surface area contributed by atoms with E-state index in [1.165, 1.54) is 16.8 Å². The predicted octanol–water partition coefficient (Wildman–Crippen LogP) is 1.13. The molecule has 0 fully saturated rings. The first kappa shape index (κ1) is 11.4. The number of nitrogens with one attached hydrogen (secondary N) is 1. The van der Waals surface area contributed by atoms with E-state index in [1.807, 2.05) is 30.3 Å². The Bertz CT molecular complexity index is 829. The lowest BCUT2D eigenvalue weighted by atomic mass is 10.2. The van der Waals surface area contributed by atoms with Gasteiger partial charge in [-0.1, -0.05) is 30.3 Å². The minimum Gasteiger partial charge on any atom is -0.291 e. The fourth-order valence-corrected chi connectivity index (χ4v) is 2.02. The van der Waals surface area contributed by atoms with Crippen LogP contribution in [0.2, 0.25) is 0 Å². The van der Waals surface area contributed by atoms with E-state index in [2.05, 4.69) is 9.97 Å². The Morgan fingerprint density at radius 3 is 2.63 bits per heavy atom. The van der Waals surface area contributed by atoms with Gasteiger partial charge in [-0.15, -0.1) is 0 Å². The van der Waals surface area contributed by atoms with E-state index >= 15 is 0 Å². The Labute approximate surface area is 108 Å². The van der Waals surface area contributed by atoms with Gasteiger partial charge in [0.2, 0.25) is 0 Å². The molecule has 0 atom stereocenters. The molecule has 94 valence electrons. The second-order valence-corrected chi connectivity index (χ2v) is 4.24. The molecule has 3 aromatic rings. The number of rotatable bonds is 2. The summed E-state index contributed by atoms with van der Waals surface area (Å²) in [7, 11) is 0. The maximum absolute atomic E-state index is 12.0. The van der Waals surface area contributed by atoms with Crippen LogP contribution in [0.5, 0.6) is 0 Å². The topological polar surface area (TPSA) is 67.8 Å². The quantitative estimate of drug-likeness (QED) is 0.744. The lowest BCUT2D eigenvalue weighted by molar-refractivity contribution is 0.778. The maximum atomic E-state index is 12.0. The zero-order chi connectivity index (χ0) is 13.2. The Kier molecular flexibility index (Phi) is 2.72. The Balaban J connectivity index is 2.22. The monoisotopic (exact) mass is 253 g/mol. The molecule has 1 aromatic carbocycles. The number of hydrogen-bond donors (Lipinski definition) is 1. The zero-order valence-electron chi connectivity index (χ0n) is 10.0. The highest BCUT2D eigenvalue weighted by Crippen LogP contribution is 2.08. The third-order valence-electron chi connectivity index (χ3n) is 2.94. The largest absolute Gasteiger partial charge is 0.346 e. The highest BCUT2D eigenvalue weighted by Gasteiger charge is 2.05. The van der Waals surface area contributed by atoms with Crippen molar-refractivity contribution in [2.75, 3.05) is 0 Å². The van der Waals surface area contributed by atoms with Crippen LogP contribution >= 0.6 is 0 Å². The standard InChI is InChI=1S/C14H11N3O2/c18-12-7-6-11-8-15-14(19)16-13(11)17(12)9-10-4-2-1-3-5-10/h1-8H,9H2,(H,15,16,19). The third-order valence-corrected chi connectivity index (χ3v) is 2.94. The van der Waals surface area contributed by atoms with Crippen molar-refractivity contribution >= 4 is 11.0 Å². The molecule has 1 N–H and O–H groups in total. The summed E-state index contributed by atoms with van der Waals surface area (Å²) in [6, 6.07) is 12.7. The molecule has 0 unspecified atom stereocenters. The molecule has 5 nitrogen and oxygen atoms in total. The minimum atomic E-state index is -0.458. The van der Waals surface area contributed by atoms with Crippen LogP contribution in [0.4, 0.5) is 0 Å². The van der Waals surface area contributed by atoms with Crippen molar-refractivity contribution in [3.8, 4) is 0 Å². The van der Waals surface area contributed by atoms with E-state index < -0.39 is 5.69 Å². The van der Waals surface area contributed by atoms with Gasteiger partial charge in [0, 0.05) is 17.6 Å². The molecule has 0 aliphatic rings. The number of hydrogen-bond acceptors (Lipinski definition) is 3. The van der Waals surface area contributed by atoms with Gasteiger partial charge >= 0.3 is 5.69 Å². The molecule has 0 aliphatic carbocycles. The highest BCUT2D eigenvalue weighted by molar-refractivity contribution is 5.73. The predicted molar refractivity (Wildman–Crippen MR) is 72.2 cm³/mol. The number of H-pyrrole nitrogens is 1. The average Bonchev–Trinajstić information content (AvgIpc) is 2.43. The van der Waals surface area contributed by atoms with E-state index in [0.717, 1.165) is 10.9 Å². The lowest BCUT2D eigenvalue weighted by Gasteiger charge is -2.09. The summed E-state index contributed by atoms with van der Waals surface area (Å²) >= 11 is 0. The summed E-state index contributed by atoms with van der Waals surface area (Å²) in [4.78, 5) is 29.6. The van der Waals surface area contributed by atoms with Crippen molar-refractivity contribution in [2.45, 2.75) is 6.54 Å². The van der Waals surface area contributed by atoms with Gasteiger partial charge in [0.15, 0.2) is 0 Å². The average molecular weight is 253 g/mol. The molecule has 0 bridgehead atoms. The van der Waals surface area contributed by atoms with Gasteiger partial charge in [-0.05, 0) is 11.6 Å². The summed E-state index contributed by atoms with van der Waals surface area (Å²) in [6.45, 7) is 0.414. The van der Waals surface area contributed by atoms with Crippen LogP contribution < -0.4 is 11.2 Å². The Hall–Kier alpha value is -2.69. The maximum Gasteiger partial charge on any atom is 0.346 e. The van der Waals surface area contributed by atoms with Gasteiger partial charge in [-0.2, -0.15) is 0 Å². The molecule has 2 aromatic heterocycles. The van der Waals surface area contributed by atoms with Crippen molar-refractivity contribution in [2.24, 2.45) is 0 Å². The molecule has 2 heterocycles. The Morgan fingerprint density at radius 1 is 1.05 bits per heavy atom. The van der Waals surface area contributed by atoms with Crippen molar-refractivity contribution in [3.05, 3.63) is 75.1 Å². The molecule has 5 heteroatoms. The lowest BCUT2D eigenvalue weighted by Crippen LogP contribution is -2.23. The highest BCUT2D eigenvalue weighted by atomic mass is 16.1. The van der Waals surface area contributed by atoms with Crippen LogP contribution in [0.3, 0.4) is 0 Å². The summed E-state index contributed by atoms with van der Waals surface area (Å²) < 4.78 is 1.54. The molecule has 0 saturated carbocycles. The molecule has 0 aliphatic heterocycles. The van der Waals surface area contributed by atoms with Crippen LogP contribution in [0.1, 0.15) is 5.56 Å². The van der Waals surface area contributed by atoms with E-state index in [0.29, 0.717) is 12.2 Å². The first-order chi connectivity index (χ1) is 9.24. The number of pyridine rings is 1. The number of benzene rings is 1.